The summed E-state index contributed by atoms with van der Waals surface area (Å²) in [6, 6.07) is 23.2. The number of amides is 3. The van der Waals surface area contributed by atoms with Gasteiger partial charge < -0.3 is 20.0 Å². The normalized spacial score (nSPS) is 16.4. The second-order valence-electron chi connectivity index (χ2n) is 17.6. The van der Waals surface area contributed by atoms with E-state index in [9.17, 15) is 45.9 Å². The van der Waals surface area contributed by atoms with Crippen LogP contribution in [-0.4, -0.2) is 110 Å². The van der Waals surface area contributed by atoms with E-state index in [-0.39, 0.29) is 60.1 Å². The number of alkyl halides is 3. The average Bonchev–Trinajstić information content (AvgIpc) is 4.22. The summed E-state index contributed by atoms with van der Waals surface area (Å²) in [6.07, 6.45) is -0.734. The number of hydrogen-bond donors (Lipinski definition) is 3. The van der Waals surface area contributed by atoms with Gasteiger partial charge in [-0.2, -0.15) is 23.4 Å². The molecular formula is C48H45F5N8O5. The molecule has 18 heteroatoms. The number of nitrogens with zero attached hydrogens (tertiary/aromatic N) is 5. The van der Waals surface area contributed by atoms with E-state index in [2.05, 4.69) is 25.7 Å². The smallest absolute Gasteiger partial charge is 0.338 e. The number of aromatic amines is 2. The highest BCUT2D eigenvalue weighted by molar-refractivity contribution is 5.96. The topological polar surface area (TPSA) is 164 Å². The summed E-state index contributed by atoms with van der Waals surface area (Å²) in [7, 11) is 0. The van der Waals surface area contributed by atoms with Crippen LogP contribution in [-0.2, 0) is 17.6 Å². The third-order valence-corrected chi connectivity index (χ3v) is 12.5. The predicted octanol–water partition coefficient (Wildman–Crippen LogP) is 5.76. The van der Waals surface area contributed by atoms with Crippen LogP contribution in [0, 0.1) is 23.5 Å². The monoisotopic (exact) mass is 908 g/mol. The van der Waals surface area contributed by atoms with Gasteiger partial charge in [-0.3, -0.25) is 24.0 Å². The van der Waals surface area contributed by atoms with Gasteiger partial charge in [0.1, 0.15) is 11.6 Å². The summed E-state index contributed by atoms with van der Waals surface area (Å²) in [4.78, 5) is 65.4. The third-order valence-electron chi connectivity index (χ3n) is 12.5. The van der Waals surface area contributed by atoms with E-state index in [1.165, 1.54) is 42.0 Å². The molecule has 4 fully saturated rings. The van der Waals surface area contributed by atoms with Crippen molar-refractivity contribution in [3.05, 3.63) is 151 Å². The van der Waals surface area contributed by atoms with Crippen molar-refractivity contribution in [1.82, 2.24) is 40.4 Å². The lowest BCUT2D eigenvalue weighted by Crippen LogP contribution is -2.56. The molecule has 0 bridgehead atoms. The van der Waals surface area contributed by atoms with Gasteiger partial charge in [-0.25, -0.2) is 19.0 Å². The molecular weight excluding hydrogens is 864 g/mol. The number of likely N-dealkylation sites (tertiary alicyclic amines) is 2. The zero-order chi connectivity index (χ0) is 46.3. The molecule has 342 valence electrons. The Balaban J connectivity index is 0.000000169. The molecule has 0 radical (unpaired) electrons. The molecule has 3 N–H and O–H groups in total. The Bertz CT molecular complexity index is 2960. The lowest BCUT2D eigenvalue weighted by atomic mass is 9.96. The number of carbonyl (C=O) groups excluding carboxylic acids is 3. The molecule has 66 heavy (non-hydrogen) atoms. The maximum atomic E-state index is 14.6. The van der Waals surface area contributed by atoms with Crippen molar-refractivity contribution in [1.29, 1.82) is 0 Å². The number of carbonyl (C=O) groups is 3. The van der Waals surface area contributed by atoms with Crippen molar-refractivity contribution < 1.29 is 36.3 Å². The van der Waals surface area contributed by atoms with Gasteiger partial charge in [0.15, 0.2) is 0 Å². The first-order valence-corrected chi connectivity index (χ1v) is 21.9. The number of benzene rings is 4. The van der Waals surface area contributed by atoms with Gasteiger partial charge in [-0.05, 0) is 73.2 Å². The van der Waals surface area contributed by atoms with Gasteiger partial charge in [0.2, 0.25) is 0 Å². The SMILES string of the molecule is O=C(c1cc(Cc2n[nH]c(=O)c3ccccc23)ccc1F)N1CC(CN(C(=O)C(F)(F)F)C2CC2)C1.O=C(c1cc(Cc2n[nH]c(=O)c3ccccc23)ccc1F)N1CC(CNC2CC2)C1. The number of H-pyrrole nitrogens is 2. The maximum Gasteiger partial charge on any atom is 0.471 e. The molecule has 13 nitrogen and oxygen atoms in total. The van der Waals surface area contributed by atoms with Gasteiger partial charge in [0, 0.05) is 86.8 Å². The summed E-state index contributed by atoms with van der Waals surface area (Å²) in [5.41, 5.74) is 2.01. The molecule has 4 aliphatic rings. The molecule has 2 saturated carbocycles. The van der Waals surface area contributed by atoms with E-state index in [0.717, 1.165) is 22.4 Å². The van der Waals surface area contributed by atoms with Crippen molar-refractivity contribution in [2.45, 2.75) is 56.8 Å². The van der Waals surface area contributed by atoms with Crippen LogP contribution in [0.1, 0.15) is 68.9 Å². The zero-order valence-corrected chi connectivity index (χ0v) is 35.5. The van der Waals surface area contributed by atoms with Gasteiger partial charge in [-0.1, -0.05) is 48.5 Å². The van der Waals surface area contributed by atoms with Crippen LogP contribution in [0.5, 0.6) is 0 Å². The van der Waals surface area contributed by atoms with E-state index in [1.807, 2.05) is 12.1 Å². The fourth-order valence-corrected chi connectivity index (χ4v) is 8.59. The molecule has 3 amide bonds. The Morgan fingerprint density at radius 2 is 1.11 bits per heavy atom. The standard InChI is InChI=1S/C25H22F4N4O3.C23H23FN4O2/c26-20-8-5-14(10-21-17-3-1-2-4-18(17)22(34)31-30-21)9-19(20)23(35)32-11-15(12-32)13-33(16-6-7-16)24(36)25(27,28)29;24-20-8-5-14(10-21-17-3-1-2-4-18(17)22(29)27-26-21)9-19(20)23(30)28-12-15(13-28)11-25-16-6-7-16/h1-5,8-9,15-16H,6-7,10-13H2,(H,31,34);1-5,8-9,15-16,25H,6-7,10-13H2,(H,27,29). The first-order chi connectivity index (χ1) is 31.7. The minimum Gasteiger partial charge on any atom is -0.338 e. The number of aromatic nitrogens is 4. The van der Waals surface area contributed by atoms with Crippen molar-refractivity contribution in [2.24, 2.45) is 11.8 Å². The number of hydrogen-bond acceptors (Lipinski definition) is 8. The number of halogens is 5. The second kappa shape index (κ2) is 18.2. The predicted molar refractivity (Wildman–Crippen MR) is 234 cm³/mol. The van der Waals surface area contributed by atoms with Gasteiger partial charge in [0.25, 0.3) is 22.9 Å². The summed E-state index contributed by atoms with van der Waals surface area (Å²) in [5, 5.41) is 19.2. The third kappa shape index (κ3) is 9.73. The van der Waals surface area contributed by atoms with E-state index in [1.54, 1.807) is 53.4 Å². The number of rotatable bonds is 12. The van der Waals surface area contributed by atoms with E-state index in [4.69, 9.17) is 0 Å². The zero-order valence-electron chi connectivity index (χ0n) is 35.5. The van der Waals surface area contributed by atoms with Crippen LogP contribution >= 0.6 is 0 Å². The van der Waals surface area contributed by atoms with Crippen LogP contribution in [0.15, 0.2) is 94.5 Å². The van der Waals surface area contributed by atoms with Crippen LogP contribution < -0.4 is 16.4 Å². The van der Waals surface area contributed by atoms with Crippen molar-refractivity contribution in [3.63, 3.8) is 0 Å². The van der Waals surface area contributed by atoms with E-state index >= 15 is 0 Å². The molecule has 0 spiro atoms. The fraction of sp³-hybridized carbons (Fsp3) is 0.354. The minimum absolute atomic E-state index is 0.0831. The highest BCUT2D eigenvalue weighted by Crippen LogP contribution is 2.34. The molecule has 2 aliphatic carbocycles. The van der Waals surface area contributed by atoms with Gasteiger partial charge in [0.05, 0.1) is 33.3 Å². The summed E-state index contributed by atoms with van der Waals surface area (Å²) in [6.45, 7) is 2.44. The van der Waals surface area contributed by atoms with E-state index in [0.29, 0.717) is 77.4 Å². The van der Waals surface area contributed by atoms with Crippen molar-refractivity contribution in [3.8, 4) is 0 Å². The Labute approximate surface area is 374 Å². The maximum absolute atomic E-state index is 14.6. The lowest BCUT2D eigenvalue weighted by molar-refractivity contribution is -0.187. The first kappa shape index (κ1) is 44.4. The Kier molecular flexibility index (Phi) is 12.3. The molecule has 6 aromatic rings. The quantitative estimate of drug-likeness (QED) is 0.131. The molecule has 4 heterocycles. The Morgan fingerprint density at radius 3 is 1.55 bits per heavy atom. The van der Waals surface area contributed by atoms with Crippen molar-refractivity contribution >= 4 is 39.3 Å². The summed E-state index contributed by atoms with van der Waals surface area (Å²) >= 11 is 0. The molecule has 4 aromatic carbocycles. The van der Waals surface area contributed by atoms with Crippen LogP contribution in [0.2, 0.25) is 0 Å². The van der Waals surface area contributed by atoms with Crippen molar-refractivity contribution in [2.75, 3.05) is 39.3 Å². The number of fused-ring (bicyclic) bond motifs is 2. The summed E-state index contributed by atoms with van der Waals surface area (Å²) < 4.78 is 67.7. The summed E-state index contributed by atoms with van der Waals surface area (Å²) in [5.74, 6) is -3.76. The highest BCUT2D eigenvalue weighted by Gasteiger charge is 2.48. The first-order valence-electron chi connectivity index (χ1n) is 21.9. The Hall–Kier alpha value is -6.82. The highest BCUT2D eigenvalue weighted by atomic mass is 19.4. The van der Waals surface area contributed by atoms with Gasteiger partial charge in [-0.15, -0.1) is 0 Å². The second-order valence-corrected chi connectivity index (χ2v) is 17.6. The van der Waals surface area contributed by atoms with Crippen LogP contribution in [0.4, 0.5) is 22.0 Å². The minimum atomic E-state index is -4.93. The molecule has 2 aromatic heterocycles. The average molecular weight is 909 g/mol. The lowest BCUT2D eigenvalue weighted by Gasteiger charge is -2.42. The van der Waals surface area contributed by atoms with Gasteiger partial charge >= 0.3 is 12.1 Å². The molecule has 0 unspecified atom stereocenters. The van der Waals surface area contributed by atoms with E-state index < -0.39 is 35.7 Å². The number of nitrogens with one attached hydrogen (secondary N) is 3. The largest absolute Gasteiger partial charge is 0.471 e. The van der Waals surface area contributed by atoms with Crippen LogP contribution in [0.3, 0.4) is 0 Å². The Morgan fingerprint density at radius 1 is 0.652 bits per heavy atom. The molecule has 10 rings (SSSR count). The molecule has 0 atom stereocenters. The van der Waals surface area contributed by atoms with Crippen LogP contribution in [0.25, 0.3) is 21.5 Å². The molecule has 2 saturated heterocycles. The molecule has 2 aliphatic heterocycles. The fourth-order valence-electron chi connectivity index (χ4n) is 8.59.